The van der Waals surface area contributed by atoms with E-state index < -0.39 is 36.1 Å². The number of methoxy groups -OCH3 is 1. The van der Waals surface area contributed by atoms with E-state index in [-0.39, 0.29) is 18.0 Å². The molecule has 1 aromatic heterocycles. The molecule has 2 saturated heterocycles. The molecule has 2 aliphatic rings. The summed E-state index contributed by atoms with van der Waals surface area (Å²) < 4.78 is 33.3. The average molecular weight is 325 g/mol. The Morgan fingerprint density at radius 3 is 2.87 bits per heavy atom. The van der Waals surface area contributed by atoms with E-state index in [1.807, 2.05) is 0 Å². The summed E-state index contributed by atoms with van der Waals surface area (Å²) in [7, 11) is 1.36. The summed E-state index contributed by atoms with van der Waals surface area (Å²) in [6, 6.07) is 3.01. The van der Waals surface area contributed by atoms with Gasteiger partial charge < -0.3 is 15.0 Å². The Hall–Kier alpha value is -2.25. The second kappa shape index (κ2) is 5.43. The minimum absolute atomic E-state index is 0.0225. The van der Waals surface area contributed by atoms with Gasteiger partial charge >= 0.3 is 0 Å². The number of carbonyl (C=O) groups excluding carboxylic acids is 2. The lowest BCUT2D eigenvalue weighted by Crippen LogP contribution is -2.56. The van der Waals surface area contributed by atoms with Gasteiger partial charge in [-0.25, -0.2) is 13.8 Å². The fourth-order valence-corrected chi connectivity index (χ4v) is 3.37. The van der Waals surface area contributed by atoms with Crippen LogP contribution in [0.15, 0.2) is 18.3 Å². The van der Waals surface area contributed by atoms with E-state index in [0.29, 0.717) is 13.0 Å². The lowest BCUT2D eigenvalue weighted by Gasteiger charge is -2.42. The molecular weight excluding hydrogens is 308 g/mol. The highest BCUT2D eigenvalue weighted by Crippen LogP contribution is 2.43. The fourth-order valence-electron chi connectivity index (χ4n) is 3.37. The number of piperidine rings is 1. The number of rotatable bonds is 2. The molecule has 1 atom stereocenters. The smallest absolute Gasteiger partial charge is 0.266 e. The lowest BCUT2D eigenvalue weighted by molar-refractivity contribution is -0.144. The highest BCUT2D eigenvalue weighted by atomic mass is 19.3. The number of halogens is 2. The van der Waals surface area contributed by atoms with Gasteiger partial charge in [0.25, 0.3) is 11.8 Å². The van der Waals surface area contributed by atoms with Crippen LogP contribution in [0.5, 0.6) is 5.88 Å². The van der Waals surface area contributed by atoms with Crippen molar-refractivity contribution in [3.63, 3.8) is 0 Å². The third kappa shape index (κ3) is 2.73. The van der Waals surface area contributed by atoms with E-state index in [2.05, 4.69) is 10.3 Å². The van der Waals surface area contributed by atoms with Crippen molar-refractivity contribution in [3.8, 4) is 5.88 Å². The third-order valence-electron chi connectivity index (χ3n) is 4.37. The van der Waals surface area contributed by atoms with Crippen LogP contribution in [-0.2, 0) is 4.79 Å². The molecule has 0 aromatic carbocycles. The summed E-state index contributed by atoms with van der Waals surface area (Å²) in [4.78, 5) is 29.7. The van der Waals surface area contributed by atoms with Crippen LogP contribution in [0.1, 0.15) is 23.2 Å². The zero-order valence-corrected chi connectivity index (χ0v) is 12.6. The number of hydrogen-bond acceptors (Lipinski definition) is 4. The first kappa shape index (κ1) is 15.6. The summed E-state index contributed by atoms with van der Waals surface area (Å²) >= 11 is 0. The van der Waals surface area contributed by atoms with Gasteiger partial charge in [0.15, 0.2) is 0 Å². The van der Waals surface area contributed by atoms with E-state index >= 15 is 0 Å². The molecule has 0 saturated carbocycles. The highest BCUT2D eigenvalue weighted by molar-refractivity contribution is 5.97. The van der Waals surface area contributed by atoms with E-state index in [1.165, 1.54) is 25.4 Å². The molecule has 6 nitrogen and oxygen atoms in total. The highest BCUT2D eigenvalue weighted by Gasteiger charge is 2.55. The molecule has 124 valence electrons. The molecule has 1 N–H and O–H groups in total. The Morgan fingerprint density at radius 1 is 1.43 bits per heavy atom. The van der Waals surface area contributed by atoms with Gasteiger partial charge in [-0.15, -0.1) is 0 Å². The Morgan fingerprint density at radius 2 is 2.22 bits per heavy atom. The Labute approximate surface area is 131 Å². The SMILES string of the molecule is COc1ncccc1C(=O)N1CC(F)(F)C[C@]2(CCNC2=O)C1. The molecule has 1 spiro atoms. The number of ether oxygens (including phenoxy) is 1. The maximum absolute atomic E-state index is 14.2. The maximum atomic E-state index is 14.2. The minimum Gasteiger partial charge on any atom is -0.480 e. The van der Waals surface area contributed by atoms with E-state index in [4.69, 9.17) is 4.74 Å². The van der Waals surface area contributed by atoms with E-state index in [0.717, 1.165) is 4.90 Å². The van der Waals surface area contributed by atoms with Crippen LogP contribution in [0, 0.1) is 5.41 Å². The Bertz CT molecular complexity index is 653. The van der Waals surface area contributed by atoms with Crippen molar-refractivity contribution < 1.29 is 23.1 Å². The predicted molar refractivity (Wildman–Crippen MR) is 76.3 cm³/mol. The number of amides is 2. The number of carbonyl (C=O) groups is 2. The summed E-state index contributed by atoms with van der Waals surface area (Å²) in [6.45, 7) is -0.378. The van der Waals surface area contributed by atoms with Crippen LogP contribution in [0.25, 0.3) is 0 Å². The second-order valence-electron chi connectivity index (χ2n) is 6.04. The third-order valence-corrected chi connectivity index (χ3v) is 4.37. The first-order chi connectivity index (χ1) is 10.9. The van der Waals surface area contributed by atoms with Crippen molar-refractivity contribution in [1.82, 2.24) is 15.2 Å². The van der Waals surface area contributed by atoms with Gasteiger partial charge in [0.1, 0.15) is 5.56 Å². The van der Waals surface area contributed by atoms with Gasteiger partial charge in [0.2, 0.25) is 11.8 Å². The first-order valence-corrected chi connectivity index (χ1v) is 7.31. The van der Waals surface area contributed by atoms with Crippen molar-refractivity contribution >= 4 is 11.8 Å². The van der Waals surface area contributed by atoms with E-state index in [9.17, 15) is 18.4 Å². The van der Waals surface area contributed by atoms with Crippen LogP contribution >= 0.6 is 0 Å². The number of hydrogen-bond donors (Lipinski definition) is 1. The van der Waals surface area contributed by atoms with Gasteiger partial charge in [0.05, 0.1) is 19.1 Å². The molecule has 0 aliphatic carbocycles. The summed E-state index contributed by atoms with van der Waals surface area (Å²) in [6.07, 6.45) is 1.22. The van der Waals surface area contributed by atoms with Crippen molar-refractivity contribution in [2.75, 3.05) is 26.7 Å². The normalized spacial score (nSPS) is 26.2. The van der Waals surface area contributed by atoms with E-state index in [1.54, 1.807) is 0 Å². The van der Waals surface area contributed by atoms with Crippen LogP contribution in [-0.4, -0.2) is 54.4 Å². The topological polar surface area (TPSA) is 71.5 Å². The number of pyridine rings is 1. The molecule has 23 heavy (non-hydrogen) atoms. The summed E-state index contributed by atoms with van der Waals surface area (Å²) in [5.41, 5.74) is -1.10. The molecule has 8 heteroatoms. The summed E-state index contributed by atoms with van der Waals surface area (Å²) in [5, 5.41) is 2.59. The predicted octanol–water partition coefficient (Wildman–Crippen LogP) is 1.08. The molecule has 3 rings (SSSR count). The lowest BCUT2D eigenvalue weighted by atomic mass is 9.77. The molecule has 3 heterocycles. The van der Waals surface area contributed by atoms with Gasteiger partial charge in [0, 0.05) is 25.7 Å². The number of alkyl halides is 2. The molecule has 0 bridgehead atoms. The zero-order valence-electron chi connectivity index (χ0n) is 12.6. The monoisotopic (exact) mass is 325 g/mol. The first-order valence-electron chi connectivity index (χ1n) is 7.31. The molecule has 2 aliphatic heterocycles. The van der Waals surface area contributed by atoms with Gasteiger partial charge in [-0.1, -0.05) is 0 Å². The number of aromatic nitrogens is 1. The average Bonchev–Trinajstić information content (AvgIpc) is 2.84. The Kier molecular flexibility index (Phi) is 3.69. The van der Waals surface area contributed by atoms with Crippen molar-refractivity contribution in [2.45, 2.75) is 18.8 Å². The van der Waals surface area contributed by atoms with Crippen molar-refractivity contribution in [2.24, 2.45) is 5.41 Å². The van der Waals surface area contributed by atoms with Crippen LogP contribution in [0.2, 0.25) is 0 Å². The van der Waals surface area contributed by atoms with Gasteiger partial charge in [-0.3, -0.25) is 9.59 Å². The largest absolute Gasteiger partial charge is 0.480 e. The molecule has 2 fully saturated rings. The molecule has 0 radical (unpaired) electrons. The van der Waals surface area contributed by atoms with Crippen LogP contribution < -0.4 is 10.1 Å². The van der Waals surface area contributed by atoms with Crippen LogP contribution in [0.4, 0.5) is 8.78 Å². The van der Waals surface area contributed by atoms with Gasteiger partial charge in [-0.2, -0.15) is 0 Å². The number of nitrogens with one attached hydrogen (secondary N) is 1. The van der Waals surface area contributed by atoms with Crippen molar-refractivity contribution in [3.05, 3.63) is 23.9 Å². The minimum atomic E-state index is -3.11. The standard InChI is InChI=1S/C15H17F2N3O3/c1-23-11-10(3-2-5-18-11)12(21)20-8-14(4-6-19-13(14)22)7-15(16,17)9-20/h2-3,5H,4,6-9H2,1H3,(H,19,22)/t14-/m1/s1. The number of nitrogens with zero attached hydrogens (tertiary/aromatic N) is 2. The van der Waals surface area contributed by atoms with Crippen LogP contribution in [0.3, 0.4) is 0 Å². The quantitative estimate of drug-likeness (QED) is 0.883. The van der Waals surface area contributed by atoms with Gasteiger partial charge in [-0.05, 0) is 18.6 Å². The summed E-state index contributed by atoms with van der Waals surface area (Å²) in [5.74, 6) is -4.04. The fraction of sp³-hybridized carbons (Fsp3) is 0.533. The second-order valence-corrected chi connectivity index (χ2v) is 6.04. The molecule has 2 amide bonds. The number of likely N-dealkylation sites (tertiary alicyclic amines) is 1. The zero-order chi connectivity index (χ0) is 16.7. The van der Waals surface area contributed by atoms with Crippen molar-refractivity contribution in [1.29, 1.82) is 0 Å². The Balaban J connectivity index is 1.92. The maximum Gasteiger partial charge on any atom is 0.266 e. The molecule has 0 unspecified atom stereocenters. The molecular formula is C15H17F2N3O3. The molecule has 1 aromatic rings.